The van der Waals surface area contributed by atoms with Crippen LogP contribution in [0.25, 0.3) is 0 Å². The molecule has 2 rings (SSSR count). The Morgan fingerprint density at radius 2 is 1.61 bits per heavy atom. The Bertz CT molecular complexity index is 612. The number of methoxy groups -OCH3 is 1. The Labute approximate surface area is 141 Å². The number of carbonyl (C=O) groups is 1. The molecule has 0 fully saturated rings. The van der Waals surface area contributed by atoms with Crippen LogP contribution in [0.3, 0.4) is 0 Å². The van der Waals surface area contributed by atoms with E-state index in [0.29, 0.717) is 19.5 Å². The molecule has 0 atom stereocenters. The summed E-state index contributed by atoms with van der Waals surface area (Å²) in [6, 6.07) is 15.3. The summed E-state index contributed by atoms with van der Waals surface area (Å²) in [5.41, 5.74) is 2.20. The maximum Gasteiger partial charge on any atom is 0.221 e. The largest absolute Gasteiger partial charge is 0.497 e. The number of hydrogen-bond donors (Lipinski definition) is 2. The number of carbonyl (C=O) groups excluding carboxylic acids is 1. The molecule has 0 saturated heterocycles. The Morgan fingerprint density at radius 3 is 2.26 bits per heavy atom. The molecule has 0 aliphatic carbocycles. The van der Waals surface area contributed by atoms with Crippen LogP contribution >= 0.6 is 11.6 Å². The van der Waals surface area contributed by atoms with Crippen molar-refractivity contribution in [1.82, 2.24) is 10.6 Å². The van der Waals surface area contributed by atoms with Crippen molar-refractivity contribution in [3.05, 3.63) is 64.7 Å². The molecule has 0 unspecified atom stereocenters. The predicted molar refractivity (Wildman–Crippen MR) is 92.6 cm³/mol. The standard InChI is InChI=1S/C18H21ClN2O2/c1-23-17-8-4-15(5-9-17)13-21-18(22)10-11-20-12-14-2-6-16(19)7-3-14/h2-9,20H,10-13H2,1H3,(H,21,22). The first-order valence-corrected chi connectivity index (χ1v) is 7.90. The van der Waals surface area contributed by atoms with Gasteiger partial charge in [0, 0.05) is 31.1 Å². The zero-order chi connectivity index (χ0) is 16.5. The topological polar surface area (TPSA) is 50.4 Å². The highest BCUT2D eigenvalue weighted by molar-refractivity contribution is 6.30. The van der Waals surface area contributed by atoms with E-state index in [1.807, 2.05) is 48.5 Å². The summed E-state index contributed by atoms with van der Waals surface area (Å²) in [6.45, 7) is 1.89. The number of rotatable bonds is 8. The molecule has 23 heavy (non-hydrogen) atoms. The van der Waals surface area contributed by atoms with Gasteiger partial charge in [0.15, 0.2) is 0 Å². The van der Waals surface area contributed by atoms with E-state index in [2.05, 4.69) is 10.6 Å². The number of benzene rings is 2. The maximum absolute atomic E-state index is 11.8. The van der Waals surface area contributed by atoms with Gasteiger partial charge in [-0.05, 0) is 35.4 Å². The normalized spacial score (nSPS) is 10.3. The van der Waals surface area contributed by atoms with Crippen LogP contribution < -0.4 is 15.4 Å². The van der Waals surface area contributed by atoms with E-state index >= 15 is 0 Å². The lowest BCUT2D eigenvalue weighted by Gasteiger charge is -2.07. The zero-order valence-electron chi connectivity index (χ0n) is 13.1. The van der Waals surface area contributed by atoms with Crippen molar-refractivity contribution < 1.29 is 9.53 Å². The van der Waals surface area contributed by atoms with Crippen LogP contribution in [-0.4, -0.2) is 19.6 Å². The second-order valence-corrected chi connectivity index (χ2v) is 5.61. The van der Waals surface area contributed by atoms with Crippen molar-refractivity contribution in [2.24, 2.45) is 0 Å². The summed E-state index contributed by atoms with van der Waals surface area (Å²) in [5.74, 6) is 0.843. The van der Waals surface area contributed by atoms with Gasteiger partial charge < -0.3 is 15.4 Å². The SMILES string of the molecule is COc1ccc(CNC(=O)CCNCc2ccc(Cl)cc2)cc1. The lowest BCUT2D eigenvalue weighted by atomic mass is 10.2. The lowest BCUT2D eigenvalue weighted by molar-refractivity contribution is -0.121. The van der Waals surface area contributed by atoms with Crippen LogP contribution in [0, 0.1) is 0 Å². The van der Waals surface area contributed by atoms with E-state index in [1.165, 1.54) is 0 Å². The highest BCUT2D eigenvalue weighted by Gasteiger charge is 2.02. The van der Waals surface area contributed by atoms with Crippen LogP contribution in [0.4, 0.5) is 0 Å². The molecule has 4 nitrogen and oxygen atoms in total. The third-order valence-electron chi connectivity index (χ3n) is 3.42. The first kappa shape index (κ1) is 17.3. The van der Waals surface area contributed by atoms with Crippen molar-refractivity contribution in [1.29, 1.82) is 0 Å². The van der Waals surface area contributed by atoms with Gasteiger partial charge in [0.05, 0.1) is 7.11 Å². The molecule has 122 valence electrons. The monoisotopic (exact) mass is 332 g/mol. The fourth-order valence-corrected chi connectivity index (χ4v) is 2.20. The van der Waals surface area contributed by atoms with Crippen molar-refractivity contribution in [2.45, 2.75) is 19.5 Å². The number of halogens is 1. The molecule has 2 aromatic rings. The molecular formula is C18H21ClN2O2. The van der Waals surface area contributed by atoms with Crippen LogP contribution in [0.1, 0.15) is 17.5 Å². The molecule has 0 bridgehead atoms. The molecule has 2 N–H and O–H groups in total. The minimum absolute atomic E-state index is 0.0319. The Morgan fingerprint density at radius 1 is 1.00 bits per heavy atom. The van der Waals surface area contributed by atoms with Crippen molar-refractivity contribution in [2.75, 3.05) is 13.7 Å². The third kappa shape index (κ3) is 6.30. The molecule has 0 spiro atoms. The Balaban J connectivity index is 1.62. The maximum atomic E-state index is 11.8. The fourth-order valence-electron chi connectivity index (χ4n) is 2.07. The summed E-state index contributed by atoms with van der Waals surface area (Å²) >= 11 is 5.84. The molecule has 0 saturated carbocycles. The molecule has 0 aromatic heterocycles. The molecule has 2 aromatic carbocycles. The summed E-state index contributed by atoms with van der Waals surface area (Å²) in [5, 5.41) is 6.88. The molecule has 0 aliphatic rings. The second kappa shape index (κ2) is 9.18. The fraction of sp³-hybridized carbons (Fsp3) is 0.278. The lowest BCUT2D eigenvalue weighted by Crippen LogP contribution is -2.27. The van der Waals surface area contributed by atoms with Gasteiger partial charge in [-0.25, -0.2) is 0 Å². The Hall–Kier alpha value is -2.04. The minimum atomic E-state index is 0.0319. The van der Waals surface area contributed by atoms with Gasteiger partial charge in [-0.3, -0.25) is 4.79 Å². The van der Waals surface area contributed by atoms with Crippen molar-refractivity contribution in [3.63, 3.8) is 0 Å². The van der Waals surface area contributed by atoms with Crippen molar-refractivity contribution >= 4 is 17.5 Å². The Kier molecular flexibility index (Phi) is 6.91. The summed E-state index contributed by atoms with van der Waals surface area (Å²) in [7, 11) is 1.63. The van der Waals surface area contributed by atoms with Crippen LogP contribution in [0.5, 0.6) is 5.75 Å². The van der Waals surface area contributed by atoms with Gasteiger partial charge in [-0.1, -0.05) is 35.9 Å². The van der Waals surface area contributed by atoms with Gasteiger partial charge >= 0.3 is 0 Å². The van der Waals surface area contributed by atoms with Crippen molar-refractivity contribution in [3.8, 4) is 5.75 Å². The molecule has 1 amide bonds. The van der Waals surface area contributed by atoms with E-state index in [0.717, 1.165) is 28.4 Å². The number of nitrogens with one attached hydrogen (secondary N) is 2. The average Bonchev–Trinajstić information content (AvgIpc) is 2.59. The second-order valence-electron chi connectivity index (χ2n) is 5.18. The summed E-state index contributed by atoms with van der Waals surface area (Å²) in [4.78, 5) is 11.8. The third-order valence-corrected chi connectivity index (χ3v) is 3.67. The van der Waals surface area contributed by atoms with Gasteiger partial charge in [0.2, 0.25) is 5.91 Å². The van der Waals surface area contributed by atoms with Crippen LogP contribution in [-0.2, 0) is 17.9 Å². The first-order valence-electron chi connectivity index (χ1n) is 7.52. The first-order chi connectivity index (χ1) is 11.2. The molecule has 5 heteroatoms. The van der Waals surface area contributed by atoms with E-state index < -0.39 is 0 Å². The average molecular weight is 333 g/mol. The minimum Gasteiger partial charge on any atom is -0.497 e. The summed E-state index contributed by atoms with van der Waals surface area (Å²) < 4.78 is 5.10. The number of hydrogen-bond acceptors (Lipinski definition) is 3. The molecular weight excluding hydrogens is 312 g/mol. The van der Waals surface area contributed by atoms with Crippen LogP contribution in [0.2, 0.25) is 5.02 Å². The molecule has 0 heterocycles. The zero-order valence-corrected chi connectivity index (χ0v) is 13.9. The van der Waals surface area contributed by atoms with E-state index in [4.69, 9.17) is 16.3 Å². The molecule has 0 radical (unpaired) electrons. The van der Waals surface area contributed by atoms with E-state index in [1.54, 1.807) is 7.11 Å². The number of ether oxygens (including phenoxy) is 1. The van der Waals surface area contributed by atoms with Gasteiger partial charge in [-0.2, -0.15) is 0 Å². The smallest absolute Gasteiger partial charge is 0.221 e. The highest BCUT2D eigenvalue weighted by atomic mass is 35.5. The quantitative estimate of drug-likeness (QED) is 0.730. The van der Waals surface area contributed by atoms with Gasteiger partial charge in [0.25, 0.3) is 0 Å². The number of amides is 1. The van der Waals surface area contributed by atoms with E-state index in [-0.39, 0.29) is 5.91 Å². The highest BCUT2D eigenvalue weighted by Crippen LogP contribution is 2.11. The van der Waals surface area contributed by atoms with E-state index in [9.17, 15) is 4.79 Å². The van der Waals surface area contributed by atoms with Crippen LogP contribution in [0.15, 0.2) is 48.5 Å². The summed E-state index contributed by atoms with van der Waals surface area (Å²) in [6.07, 6.45) is 0.448. The molecule has 0 aliphatic heterocycles. The predicted octanol–water partition coefficient (Wildman–Crippen LogP) is 3.14. The van der Waals surface area contributed by atoms with Gasteiger partial charge in [0.1, 0.15) is 5.75 Å². The van der Waals surface area contributed by atoms with Gasteiger partial charge in [-0.15, -0.1) is 0 Å².